The first-order valence-corrected chi connectivity index (χ1v) is 6.46. The van der Waals surface area contributed by atoms with Crippen molar-refractivity contribution in [1.29, 1.82) is 0 Å². The van der Waals surface area contributed by atoms with Crippen molar-refractivity contribution in [2.75, 3.05) is 11.9 Å². The van der Waals surface area contributed by atoms with Crippen molar-refractivity contribution in [1.82, 2.24) is 0 Å². The van der Waals surface area contributed by atoms with Gasteiger partial charge in [-0.05, 0) is 24.3 Å². The fourth-order valence-corrected chi connectivity index (χ4v) is 1.74. The molecule has 0 spiro atoms. The Bertz CT molecular complexity index is 552. The normalized spacial score (nSPS) is 11.4. The van der Waals surface area contributed by atoms with Crippen LogP contribution in [0, 0.1) is 0 Å². The van der Waals surface area contributed by atoms with Gasteiger partial charge in [-0.1, -0.05) is 42.5 Å². The van der Waals surface area contributed by atoms with E-state index in [1.165, 1.54) is 0 Å². The van der Waals surface area contributed by atoms with Gasteiger partial charge in [-0.2, -0.15) is 0 Å². The molecule has 3 nitrogen and oxygen atoms in total. The molecule has 0 aliphatic heterocycles. The lowest BCUT2D eigenvalue weighted by atomic mass is 10.2. The van der Waals surface area contributed by atoms with Gasteiger partial charge in [-0.25, -0.2) is 4.79 Å². The molecule has 0 aliphatic rings. The number of rotatable bonds is 6. The van der Waals surface area contributed by atoms with E-state index in [2.05, 4.69) is 11.9 Å². The molecule has 0 amide bonds. The second kappa shape index (κ2) is 7.14. The Morgan fingerprint density at radius 2 is 1.70 bits per heavy atom. The summed E-state index contributed by atoms with van der Waals surface area (Å²) in [7, 11) is 0. The first kappa shape index (κ1) is 13.9. The smallest absolute Gasteiger partial charge is 0.338 e. The monoisotopic (exact) mass is 267 g/mol. The average molecular weight is 267 g/mol. The van der Waals surface area contributed by atoms with E-state index in [9.17, 15) is 4.79 Å². The van der Waals surface area contributed by atoms with E-state index in [1.807, 2.05) is 48.5 Å². The molecule has 0 heterocycles. The van der Waals surface area contributed by atoms with Gasteiger partial charge >= 0.3 is 5.97 Å². The summed E-state index contributed by atoms with van der Waals surface area (Å²) in [6.07, 6.45) is 1.73. The molecule has 102 valence electrons. The molecule has 20 heavy (non-hydrogen) atoms. The summed E-state index contributed by atoms with van der Waals surface area (Å²) in [5, 5.41) is 3.24. The van der Waals surface area contributed by atoms with Gasteiger partial charge in [0.25, 0.3) is 0 Å². The Morgan fingerprint density at radius 1 is 1.10 bits per heavy atom. The highest BCUT2D eigenvalue weighted by atomic mass is 16.5. The zero-order chi connectivity index (χ0) is 14.2. The summed E-state index contributed by atoms with van der Waals surface area (Å²) in [5.41, 5.74) is 1.52. The van der Waals surface area contributed by atoms with Crippen molar-refractivity contribution in [2.24, 2.45) is 0 Å². The molecule has 0 fully saturated rings. The van der Waals surface area contributed by atoms with Gasteiger partial charge in [0.05, 0.1) is 11.6 Å². The van der Waals surface area contributed by atoms with Crippen LogP contribution in [0.15, 0.2) is 73.3 Å². The molecule has 1 N–H and O–H groups in total. The van der Waals surface area contributed by atoms with Crippen LogP contribution in [-0.4, -0.2) is 18.6 Å². The molecule has 2 aromatic carbocycles. The Morgan fingerprint density at radius 3 is 2.30 bits per heavy atom. The number of nitrogens with one attached hydrogen (secondary N) is 1. The summed E-state index contributed by atoms with van der Waals surface area (Å²) in [4.78, 5) is 11.8. The van der Waals surface area contributed by atoms with E-state index in [-0.39, 0.29) is 18.6 Å². The summed E-state index contributed by atoms with van der Waals surface area (Å²) in [5.74, 6) is -0.327. The predicted molar refractivity (Wildman–Crippen MR) is 80.8 cm³/mol. The van der Waals surface area contributed by atoms with E-state index in [0.717, 1.165) is 5.69 Å². The molecule has 0 aliphatic carbocycles. The molecule has 0 aromatic heterocycles. The van der Waals surface area contributed by atoms with Crippen molar-refractivity contribution in [3.05, 3.63) is 78.9 Å². The lowest BCUT2D eigenvalue weighted by molar-refractivity contribution is 0.0502. The number of ether oxygens (including phenoxy) is 1. The number of carbonyl (C=O) groups excluding carboxylic acids is 1. The highest BCUT2D eigenvalue weighted by Crippen LogP contribution is 2.09. The van der Waals surface area contributed by atoms with Gasteiger partial charge in [0.2, 0.25) is 0 Å². The van der Waals surface area contributed by atoms with Crippen molar-refractivity contribution >= 4 is 11.7 Å². The molecule has 0 saturated carbocycles. The van der Waals surface area contributed by atoms with Crippen LogP contribution in [0.4, 0.5) is 5.69 Å². The van der Waals surface area contributed by atoms with E-state index in [4.69, 9.17) is 4.74 Å². The number of hydrogen-bond donors (Lipinski definition) is 1. The average Bonchev–Trinajstić information content (AvgIpc) is 2.53. The third-order valence-corrected chi connectivity index (χ3v) is 2.81. The highest BCUT2D eigenvalue weighted by molar-refractivity contribution is 5.89. The zero-order valence-electron chi connectivity index (χ0n) is 11.2. The number of carbonyl (C=O) groups is 1. The fourth-order valence-electron chi connectivity index (χ4n) is 1.74. The molecular weight excluding hydrogens is 250 g/mol. The number of esters is 1. The molecule has 0 bridgehead atoms. The van der Waals surface area contributed by atoms with Crippen LogP contribution >= 0.6 is 0 Å². The number of para-hydroxylation sites is 1. The molecule has 2 aromatic rings. The maximum atomic E-state index is 11.8. The first-order valence-electron chi connectivity index (χ1n) is 6.46. The Hall–Kier alpha value is -2.55. The minimum Gasteiger partial charge on any atom is -0.460 e. The van der Waals surface area contributed by atoms with E-state index in [0.29, 0.717) is 5.56 Å². The standard InChI is InChI=1S/C17H17NO2/c1-2-15(18-16-11-7-4-8-12-16)13-20-17(19)14-9-5-3-6-10-14/h2-12,15,18H,1,13H2. The number of anilines is 1. The predicted octanol–water partition coefficient (Wildman–Crippen LogP) is 3.51. The molecule has 0 radical (unpaired) electrons. The van der Waals surface area contributed by atoms with E-state index < -0.39 is 0 Å². The fraction of sp³-hybridized carbons (Fsp3) is 0.118. The maximum absolute atomic E-state index is 11.8. The topological polar surface area (TPSA) is 38.3 Å². The first-order chi connectivity index (χ1) is 9.79. The van der Waals surface area contributed by atoms with Crippen LogP contribution in [0.1, 0.15) is 10.4 Å². The SMILES string of the molecule is C=CC(COC(=O)c1ccccc1)Nc1ccccc1. The third kappa shape index (κ3) is 3.99. The minimum atomic E-state index is -0.327. The zero-order valence-corrected chi connectivity index (χ0v) is 11.2. The molecular formula is C17H17NO2. The second-order valence-electron chi connectivity index (χ2n) is 4.32. The summed E-state index contributed by atoms with van der Waals surface area (Å²) in [6, 6.07) is 18.6. The van der Waals surface area contributed by atoms with E-state index >= 15 is 0 Å². The van der Waals surface area contributed by atoms with Gasteiger partial charge in [0.1, 0.15) is 6.61 Å². The molecule has 1 atom stereocenters. The number of hydrogen-bond acceptors (Lipinski definition) is 3. The van der Waals surface area contributed by atoms with Crippen molar-refractivity contribution in [3.8, 4) is 0 Å². The maximum Gasteiger partial charge on any atom is 0.338 e. The summed E-state index contributed by atoms with van der Waals surface area (Å²) >= 11 is 0. The van der Waals surface area contributed by atoms with Crippen LogP contribution < -0.4 is 5.32 Å². The van der Waals surface area contributed by atoms with Gasteiger partial charge in [-0.15, -0.1) is 6.58 Å². The van der Waals surface area contributed by atoms with Crippen LogP contribution in [0.2, 0.25) is 0 Å². The Kier molecular flexibility index (Phi) is 4.95. The second-order valence-corrected chi connectivity index (χ2v) is 4.32. The van der Waals surface area contributed by atoms with Crippen LogP contribution in [-0.2, 0) is 4.74 Å². The van der Waals surface area contributed by atoms with Gasteiger partial charge < -0.3 is 10.1 Å². The highest BCUT2D eigenvalue weighted by Gasteiger charge is 2.10. The lowest BCUT2D eigenvalue weighted by Gasteiger charge is -2.16. The number of benzene rings is 2. The van der Waals surface area contributed by atoms with E-state index in [1.54, 1.807) is 18.2 Å². The Labute approximate surface area is 118 Å². The summed E-state index contributed by atoms with van der Waals surface area (Å²) in [6.45, 7) is 4.00. The third-order valence-electron chi connectivity index (χ3n) is 2.81. The largest absolute Gasteiger partial charge is 0.460 e. The minimum absolute atomic E-state index is 0.120. The molecule has 1 unspecified atom stereocenters. The summed E-state index contributed by atoms with van der Waals surface area (Å²) < 4.78 is 5.28. The van der Waals surface area contributed by atoms with Crippen LogP contribution in [0.5, 0.6) is 0 Å². The van der Waals surface area contributed by atoms with Crippen LogP contribution in [0.25, 0.3) is 0 Å². The van der Waals surface area contributed by atoms with Crippen molar-refractivity contribution < 1.29 is 9.53 Å². The van der Waals surface area contributed by atoms with Gasteiger partial charge in [-0.3, -0.25) is 0 Å². The lowest BCUT2D eigenvalue weighted by Crippen LogP contribution is -2.24. The van der Waals surface area contributed by atoms with Gasteiger partial charge in [0.15, 0.2) is 0 Å². The molecule has 2 rings (SSSR count). The van der Waals surface area contributed by atoms with Crippen molar-refractivity contribution in [2.45, 2.75) is 6.04 Å². The molecule has 0 saturated heterocycles. The molecule has 3 heteroatoms. The van der Waals surface area contributed by atoms with Crippen molar-refractivity contribution in [3.63, 3.8) is 0 Å². The quantitative estimate of drug-likeness (QED) is 0.643. The van der Waals surface area contributed by atoms with Crippen LogP contribution in [0.3, 0.4) is 0 Å². The van der Waals surface area contributed by atoms with Gasteiger partial charge in [0, 0.05) is 5.69 Å². The Balaban J connectivity index is 1.88.